The molecular weight excluding hydrogens is 464 g/mol. The Labute approximate surface area is 205 Å². The first kappa shape index (κ1) is 23.9. The SMILES string of the molecule is CC(C)(C#N)c1cccc(C(=O)Nc2cccc(Oc3ccc4nc(NC(=O)CO)sc4c3)c2)c1. The fourth-order valence-electron chi connectivity index (χ4n) is 3.27. The Morgan fingerprint density at radius 3 is 2.60 bits per heavy atom. The van der Waals surface area contributed by atoms with E-state index in [0.29, 0.717) is 33.4 Å². The van der Waals surface area contributed by atoms with E-state index in [1.165, 1.54) is 11.3 Å². The Balaban J connectivity index is 1.48. The van der Waals surface area contributed by atoms with Crippen molar-refractivity contribution in [2.24, 2.45) is 0 Å². The molecule has 1 heterocycles. The van der Waals surface area contributed by atoms with Crippen LogP contribution in [0.2, 0.25) is 0 Å². The predicted molar refractivity (Wildman–Crippen MR) is 135 cm³/mol. The lowest BCUT2D eigenvalue weighted by molar-refractivity contribution is -0.118. The van der Waals surface area contributed by atoms with Gasteiger partial charge in [-0.15, -0.1) is 0 Å². The van der Waals surface area contributed by atoms with Crippen molar-refractivity contribution in [1.29, 1.82) is 5.26 Å². The Morgan fingerprint density at radius 1 is 1.06 bits per heavy atom. The molecule has 0 atom stereocenters. The molecule has 2 amide bonds. The zero-order chi connectivity index (χ0) is 25.0. The van der Waals surface area contributed by atoms with Crippen molar-refractivity contribution in [3.63, 3.8) is 0 Å². The number of aromatic nitrogens is 1. The van der Waals surface area contributed by atoms with Gasteiger partial charge in [-0.3, -0.25) is 14.9 Å². The number of aliphatic hydroxyl groups excluding tert-OH is 1. The summed E-state index contributed by atoms with van der Waals surface area (Å²) in [4.78, 5) is 28.5. The highest BCUT2D eigenvalue weighted by molar-refractivity contribution is 7.22. The number of ether oxygens (including phenoxy) is 1. The van der Waals surface area contributed by atoms with Gasteiger partial charge in [0.05, 0.1) is 21.7 Å². The monoisotopic (exact) mass is 486 g/mol. The number of rotatable bonds is 7. The number of nitriles is 1. The molecule has 176 valence electrons. The van der Waals surface area contributed by atoms with Crippen LogP contribution in [-0.4, -0.2) is 28.5 Å². The van der Waals surface area contributed by atoms with E-state index < -0.39 is 17.9 Å². The van der Waals surface area contributed by atoms with Crippen LogP contribution in [0.4, 0.5) is 10.8 Å². The maximum absolute atomic E-state index is 12.8. The zero-order valence-electron chi connectivity index (χ0n) is 19.0. The third kappa shape index (κ3) is 5.63. The number of nitrogens with one attached hydrogen (secondary N) is 2. The van der Waals surface area contributed by atoms with E-state index in [4.69, 9.17) is 9.84 Å². The summed E-state index contributed by atoms with van der Waals surface area (Å²) in [6.07, 6.45) is 0. The zero-order valence-corrected chi connectivity index (χ0v) is 19.8. The van der Waals surface area contributed by atoms with Gasteiger partial charge in [0.15, 0.2) is 5.13 Å². The highest BCUT2D eigenvalue weighted by atomic mass is 32.1. The molecule has 8 nitrogen and oxygen atoms in total. The summed E-state index contributed by atoms with van der Waals surface area (Å²) < 4.78 is 6.77. The van der Waals surface area contributed by atoms with Crippen molar-refractivity contribution in [2.45, 2.75) is 19.3 Å². The van der Waals surface area contributed by atoms with Crippen LogP contribution in [0.1, 0.15) is 29.8 Å². The van der Waals surface area contributed by atoms with Crippen LogP contribution in [0.3, 0.4) is 0 Å². The van der Waals surface area contributed by atoms with Gasteiger partial charge in [-0.1, -0.05) is 29.5 Å². The van der Waals surface area contributed by atoms with Crippen LogP contribution in [0.15, 0.2) is 66.7 Å². The van der Waals surface area contributed by atoms with E-state index in [2.05, 4.69) is 21.7 Å². The molecule has 3 aromatic carbocycles. The van der Waals surface area contributed by atoms with Crippen LogP contribution >= 0.6 is 11.3 Å². The van der Waals surface area contributed by atoms with Crippen molar-refractivity contribution in [2.75, 3.05) is 17.2 Å². The molecule has 4 aromatic rings. The number of thiazole rings is 1. The summed E-state index contributed by atoms with van der Waals surface area (Å²) in [5.74, 6) is 0.275. The summed E-state index contributed by atoms with van der Waals surface area (Å²) in [6, 6.07) is 21.6. The van der Waals surface area contributed by atoms with Crippen LogP contribution in [0.25, 0.3) is 10.2 Å². The Bertz CT molecular complexity index is 1460. The number of benzene rings is 3. The molecule has 0 aliphatic rings. The van der Waals surface area contributed by atoms with Gasteiger partial charge < -0.3 is 15.2 Å². The third-order valence-electron chi connectivity index (χ3n) is 5.20. The number of amides is 2. The standard InChI is InChI=1S/C26H22N4O4S/c1-26(2,15-27)17-6-3-5-16(11-17)24(33)28-18-7-4-8-19(12-18)34-20-9-10-21-22(13-20)35-25(29-21)30-23(32)14-31/h3-13,31H,14H2,1-2H3,(H,28,33)(H,29,30,32). The van der Waals surface area contributed by atoms with E-state index in [-0.39, 0.29) is 5.91 Å². The molecule has 0 saturated carbocycles. The normalized spacial score (nSPS) is 11.0. The van der Waals surface area contributed by atoms with Crippen molar-refractivity contribution in [3.8, 4) is 17.6 Å². The molecule has 0 radical (unpaired) electrons. The van der Waals surface area contributed by atoms with Gasteiger partial charge in [0.25, 0.3) is 11.8 Å². The molecule has 0 aliphatic carbocycles. The quantitative estimate of drug-likeness (QED) is 0.335. The predicted octanol–water partition coefficient (Wildman–Crippen LogP) is 5.07. The summed E-state index contributed by atoms with van der Waals surface area (Å²) in [5, 5.41) is 24.0. The average Bonchev–Trinajstić information content (AvgIpc) is 3.25. The number of fused-ring (bicyclic) bond motifs is 1. The number of hydrogen-bond donors (Lipinski definition) is 3. The van der Waals surface area contributed by atoms with Gasteiger partial charge >= 0.3 is 0 Å². The summed E-state index contributed by atoms with van der Waals surface area (Å²) in [7, 11) is 0. The summed E-state index contributed by atoms with van der Waals surface area (Å²) >= 11 is 1.27. The van der Waals surface area contributed by atoms with Crippen LogP contribution in [0, 0.1) is 11.3 Å². The van der Waals surface area contributed by atoms with Crippen molar-refractivity contribution in [3.05, 3.63) is 77.9 Å². The van der Waals surface area contributed by atoms with Gasteiger partial charge in [-0.2, -0.15) is 5.26 Å². The number of hydrogen-bond acceptors (Lipinski definition) is 7. The number of aliphatic hydroxyl groups is 1. The first-order valence-corrected chi connectivity index (χ1v) is 11.5. The van der Waals surface area contributed by atoms with E-state index in [0.717, 1.165) is 10.3 Å². The molecule has 3 N–H and O–H groups in total. The fraction of sp³-hybridized carbons (Fsp3) is 0.154. The summed E-state index contributed by atoms with van der Waals surface area (Å²) in [5.41, 5.74) is 1.77. The molecule has 0 spiro atoms. The second-order valence-electron chi connectivity index (χ2n) is 8.26. The fourth-order valence-corrected chi connectivity index (χ4v) is 4.18. The minimum atomic E-state index is -0.700. The number of carbonyl (C=O) groups excluding carboxylic acids is 2. The van der Waals surface area contributed by atoms with Crippen molar-refractivity contribution >= 4 is 44.2 Å². The maximum atomic E-state index is 12.8. The molecule has 4 rings (SSSR count). The van der Waals surface area contributed by atoms with E-state index in [1.54, 1.807) is 74.5 Å². The van der Waals surface area contributed by atoms with Gasteiger partial charge in [-0.05, 0) is 55.8 Å². The molecular formula is C26H22N4O4S. The van der Waals surface area contributed by atoms with Crippen molar-refractivity contribution < 1.29 is 19.4 Å². The maximum Gasteiger partial charge on any atom is 0.255 e. The first-order chi connectivity index (χ1) is 16.8. The second-order valence-corrected chi connectivity index (χ2v) is 9.29. The van der Waals surface area contributed by atoms with Crippen LogP contribution < -0.4 is 15.4 Å². The molecule has 0 saturated heterocycles. The van der Waals surface area contributed by atoms with Gasteiger partial charge in [0, 0.05) is 23.4 Å². The summed E-state index contributed by atoms with van der Waals surface area (Å²) in [6.45, 7) is 3.00. The first-order valence-electron chi connectivity index (χ1n) is 10.7. The Morgan fingerprint density at radius 2 is 1.83 bits per heavy atom. The van der Waals surface area contributed by atoms with Gasteiger partial charge in [-0.25, -0.2) is 4.98 Å². The molecule has 0 fully saturated rings. The minimum Gasteiger partial charge on any atom is -0.457 e. The van der Waals surface area contributed by atoms with Crippen molar-refractivity contribution in [1.82, 2.24) is 4.98 Å². The topological polar surface area (TPSA) is 124 Å². The van der Waals surface area contributed by atoms with E-state index >= 15 is 0 Å². The van der Waals surface area contributed by atoms with Gasteiger partial charge in [0.1, 0.15) is 18.1 Å². The van der Waals surface area contributed by atoms with E-state index in [1.807, 2.05) is 6.07 Å². The third-order valence-corrected chi connectivity index (χ3v) is 6.14. The molecule has 0 unspecified atom stereocenters. The highest BCUT2D eigenvalue weighted by Crippen LogP contribution is 2.32. The van der Waals surface area contributed by atoms with Crippen LogP contribution in [-0.2, 0) is 10.2 Å². The molecule has 1 aromatic heterocycles. The van der Waals surface area contributed by atoms with E-state index in [9.17, 15) is 14.9 Å². The number of nitrogens with zero attached hydrogens (tertiary/aromatic N) is 2. The molecule has 0 aliphatic heterocycles. The Hall–Kier alpha value is -4.26. The lowest BCUT2D eigenvalue weighted by atomic mass is 9.85. The average molecular weight is 487 g/mol. The highest BCUT2D eigenvalue weighted by Gasteiger charge is 2.21. The molecule has 35 heavy (non-hydrogen) atoms. The van der Waals surface area contributed by atoms with Gasteiger partial charge in [0.2, 0.25) is 0 Å². The largest absolute Gasteiger partial charge is 0.457 e. The Kier molecular flexibility index (Phi) is 6.78. The smallest absolute Gasteiger partial charge is 0.255 e. The molecule has 9 heteroatoms. The molecule has 0 bridgehead atoms. The number of anilines is 2. The lowest BCUT2D eigenvalue weighted by Crippen LogP contribution is -2.17. The second kappa shape index (κ2) is 9.93. The minimum absolute atomic E-state index is 0.290. The number of carbonyl (C=O) groups is 2. The lowest BCUT2D eigenvalue weighted by Gasteiger charge is -2.16. The van der Waals surface area contributed by atoms with Crippen LogP contribution in [0.5, 0.6) is 11.5 Å².